The van der Waals surface area contributed by atoms with Gasteiger partial charge < -0.3 is 10.3 Å². The molecule has 0 amide bonds. The first-order valence-corrected chi connectivity index (χ1v) is 6.20. The van der Waals surface area contributed by atoms with E-state index in [0.717, 1.165) is 12.1 Å². The smallest absolute Gasteiger partial charge is 0.0947 e. The summed E-state index contributed by atoms with van der Waals surface area (Å²) in [6.07, 6.45) is 13.8. The number of imidazole rings is 1. The molecule has 0 spiro atoms. The molecule has 1 aromatic heterocycles. The lowest BCUT2D eigenvalue weighted by atomic mass is 9.94. The molecule has 1 aromatic rings. The Hall–Kier alpha value is -1.09. The van der Waals surface area contributed by atoms with Gasteiger partial charge >= 0.3 is 0 Å². The molecular weight excluding hydrogens is 198 g/mol. The highest BCUT2D eigenvalue weighted by atomic mass is 15.0. The van der Waals surface area contributed by atoms with Gasteiger partial charge in [-0.15, -0.1) is 0 Å². The fraction of sp³-hybridized carbons (Fsp3) is 0.615. The maximum Gasteiger partial charge on any atom is 0.0947 e. The van der Waals surface area contributed by atoms with Crippen molar-refractivity contribution in [2.75, 3.05) is 0 Å². The van der Waals surface area contributed by atoms with Gasteiger partial charge in [-0.05, 0) is 25.7 Å². The van der Waals surface area contributed by atoms with Gasteiger partial charge in [-0.3, -0.25) is 0 Å². The zero-order valence-corrected chi connectivity index (χ0v) is 10.0. The summed E-state index contributed by atoms with van der Waals surface area (Å²) in [5, 5.41) is 0. The van der Waals surface area contributed by atoms with Gasteiger partial charge in [-0.2, -0.15) is 0 Å². The zero-order valence-electron chi connectivity index (χ0n) is 10.0. The van der Waals surface area contributed by atoms with Gasteiger partial charge in [0.15, 0.2) is 0 Å². The number of aromatic nitrogens is 2. The average Bonchev–Trinajstić information content (AvgIpc) is 2.63. The number of aryl methyl sites for hydroxylation is 1. The summed E-state index contributed by atoms with van der Waals surface area (Å²) in [6.45, 7) is 0. The van der Waals surface area contributed by atoms with E-state index in [1.54, 1.807) is 0 Å². The molecule has 1 unspecified atom stereocenters. The van der Waals surface area contributed by atoms with Crippen LogP contribution in [0.25, 0.3) is 0 Å². The summed E-state index contributed by atoms with van der Waals surface area (Å²) in [6, 6.07) is -0.000648. The van der Waals surface area contributed by atoms with Gasteiger partial charge in [0.2, 0.25) is 0 Å². The largest absolute Gasteiger partial charge is 0.340 e. The molecule has 0 saturated carbocycles. The third kappa shape index (κ3) is 2.73. The third-order valence-corrected chi connectivity index (χ3v) is 3.27. The first-order chi connectivity index (χ1) is 7.77. The fourth-order valence-corrected chi connectivity index (χ4v) is 2.28. The SMILES string of the molecule is Cn1cnc(C(N)C2=CCCCCCC2)c1. The number of nitrogens with two attached hydrogens (primary N) is 1. The Morgan fingerprint density at radius 3 is 2.88 bits per heavy atom. The van der Waals surface area contributed by atoms with Crippen LogP contribution in [-0.4, -0.2) is 9.55 Å². The van der Waals surface area contributed by atoms with Crippen molar-refractivity contribution in [2.24, 2.45) is 12.8 Å². The molecule has 0 bridgehead atoms. The van der Waals surface area contributed by atoms with Crippen LogP contribution in [0.2, 0.25) is 0 Å². The van der Waals surface area contributed by atoms with Crippen LogP contribution in [0.15, 0.2) is 24.2 Å². The first kappa shape index (κ1) is 11.4. The van der Waals surface area contributed by atoms with Crippen molar-refractivity contribution in [1.29, 1.82) is 0 Å². The second-order valence-electron chi connectivity index (χ2n) is 4.67. The van der Waals surface area contributed by atoms with E-state index >= 15 is 0 Å². The highest BCUT2D eigenvalue weighted by Gasteiger charge is 2.14. The Bertz CT molecular complexity index is 365. The van der Waals surface area contributed by atoms with E-state index in [1.807, 2.05) is 24.1 Å². The molecule has 0 aliphatic heterocycles. The minimum atomic E-state index is -0.000648. The molecular formula is C13H21N3. The minimum Gasteiger partial charge on any atom is -0.340 e. The van der Waals surface area contributed by atoms with Gasteiger partial charge in [-0.1, -0.05) is 24.5 Å². The molecule has 1 aliphatic carbocycles. The van der Waals surface area contributed by atoms with Crippen LogP contribution >= 0.6 is 0 Å². The van der Waals surface area contributed by atoms with E-state index < -0.39 is 0 Å². The summed E-state index contributed by atoms with van der Waals surface area (Å²) in [5.74, 6) is 0. The molecule has 3 nitrogen and oxygen atoms in total. The number of nitrogens with zero attached hydrogens (tertiary/aromatic N) is 2. The van der Waals surface area contributed by atoms with E-state index in [0.29, 0.717) is 0 Å². The van der Waals surface area contributed by atoms with Crippen LogP contribution in [0.5, 0.6) is 0 Å². The predicted octanol–water partition coefficient (Wildman–Crippen LogP) is 2.70. The maximum atomic E-state index is 6.26. The van der Waals surface area contributed by atoms with Crippen LogP contribution in [-0.2, 0) is 7.05 Å². The van der Waals surface area contributed by atoms with Crippen molar-refractivity contribution < 1.29 is 0 Å². The normalized spacial score (nSPS) is 19.8. The molecule has 0 radical (unpaired) electrons. The summed E-state index contributed by atoms with van der Waals surface area (Å²) in [4.78, 5) is 4.34. The molecule has 3 heteroatoms. The van der Waals surface area contributed by atoms with E-state index in [2.05, 4.69) is 11.1 Å². The predicted molar refractivity (Wildman–Crippen MR) is 65.9 cm³/mol. The van der Waals surface area contributed by atoms with Gasteiger partial charge in [0.1, 0.15) is 0 Å². The molecule has 2 rings (SSSR count). The highest BCUT2D eigenvalue weighted by Crippen LogP contribution is 2.25. The Morgan fingerprint density at radius 2 is 2.12 bits per heavy atom. The number of hydrogen-bond acceptors (Lipinski definition) is 2. The zero-order chi connectivity index (χ0) is 11.4. The summed E-state index contributed by atoms with van der Waals surface area (Å²) >= 11 is 0. The Kier molecular flexibility index (Phi) is 3.78. The first-order valence-electron chi connectivity index (χ1n) is 6.20. The lowest BCUT2D eigenvalue weighted by molar-refractivity contribution is 0.600. The molecule has 88 valence electrons. The lowest BCUT2D eigenvalue weighted by Gasteiger charge is -2.16. The lowest BCUT2D eigenvalue weighted by Crippen LogP contribution is -2.14. The van der Waals surface area contributed by atoms with E-state index in [-0.39, 0.29) is 6.04 Å². The number of allylic oxidation sites excluding steroid dienone is 1. The van der Waals surface area contributed by atoms with E-state index in [1.165, 1.54) is 37.7 Å². The summed E-state index contributed by atoms with van der Waals surface area (Å²) in [5.41, 5.74) is 8.63. The average molecular weight is 219 g/mol. The van der Waals surface area contributed by atoms with Crippen LogP contribution in [0.1, 0.15) is 50.3 Å². The highest BCUT2D eigenvalue weighted by molar-refractivity contribution is 5.20. The van der Waals surface area contributed by atoms with Gasteiger partial charge in [0.05, 0.1) is 18.1 Å². The monoisotopic (exact) mass is 219 g/mol. The van der Waals surface area contributed by atoms with Gasteiger partial charge in [0.25, 0.3) is 0 Å². The molecule has 1 heterocycles. The molecule has 16 heavy (non-hydrogen) atoms. The van der Waals surface area contributed by atoms with E-state index in [9.17, 15) is 0 Å². The quantitative estimate of drug-likeness (QED) is 0.777. The van der Waals surface area contributed by atoms with Crippen molar-refractivity contribution in [3.05, 3.63) is 29.9 Å². The maximum absolute atomic E-state index is 6.26. The van der Waals surface area contributed by atoms with Crippen LogP contribution in [0, 0.1) is 0 Å². The topological polar surface area (TPSA) is 43.8 Å². The Morgan fingerprint density at radius 1 is 1.31 bits per heavy atom. The number of rotatable bonds is 2. The molecule has 1 atom stereocenters. The van der Waals surface area contributed by atoms with E-state index in [4.69, 9.17) is 5.73 Å². The standard InChI is InChI=1S/C13H21N3/c1-16-9-12(15-10-16)13(14)11-7-5-3-2-4-6-8-11/h7,9-10,13H,2-6,8,14H2,1H3. The number of hydrogen-bond donors (Lipinski definition) is 1. The van der Waals surface area contributed by atoms with Crippen molar-refractivity contribution in [3.63, 3.8) is 0 Å². The molecule has 0 aromatic carbocycles. The van der Waals surface area contributed by atoms with Crippen LogP contribution < -0.4 is 5.73 Å². The third-order valence-electron chi connectivity index (χ3n) is 3.27. The van der Waals surface area contributed by atoms with Gasteiger partial charge in [-0.25, -0.2) is 4.98 Å². The Labute approximate surface area is 97.4 Å². The van der Waals surface area contributed by atoms with Gasteiger partial charge in [0, 0.05) is 13.2 Å². The molecule has 0 fully saturated rings. The van der Waals surface area contributed by atoms with Crippen LogP contribution in [0.4, 0.5) is 0 Å². The van der Waals surface area contributed by atoms with Crippen molar-refractivity contribution in [1.82, 2.24) is 9.55 Å². The second kappa shape index (κ2) is 5.30. The van der Waals surface area contributed by atoms with Crippen molar-refractivity contribution >= 4 is 0 Å². The van der Waals surface area contributed by atoms with Crippen LogP contribution in [0.3, 0.4) is 0 Å². The molecule has 0 saturated heterocycles. The minimum absolute atomic E-state index is 0.000648. The second-order valence-corrected chi connectivity index (χ2v) is 4.67. The molecule has 2 N–H and O–H groups in total. The fourth-order valence-electron chi connectivity index (χ4n) is 2.28. The summed E-state index contributed by atoms with van der Waals surface area (Å²) < 4.78 is 1.96. The van der Waals surface area contributed by atoms with Crippen molar-refractivity contribution in [3.8, 4) is 0 Å². The van der Waals surface area contributed by atoms with Crippen molar-refractivity contribution in [2.45, 2.75) is 44.6 Å². The summed E-state index contributed by atoms with van der Waals surface area (Å²) in [7, 11) is 1.98. The Balaban J connectivity index is 2.09. The molecule has 1 aliphatic rings.